The van der Waals surface area contributed by atoms with Crippen LogP contribution in [0.2, 0.25) is 0 Å². The largest absolute Gasteiger partial charge is 0.490 e. The van der Waals surface area contributed by atoms with Gasteiger partial charge in [-0.3, -0.25) is 4.79 Å². The topological polar surface area (TPSA) is 111 Å². The van der Waals surface area contributed by atoms with Crippen LogP contribution in [0, 0.1) is 6.92 Å². The molecule has 0 spiro atoms. The molecule has 0 aliphatic heterocycles. The predicted octanol–water partition coefficient (Wildman–Crippen LogP) is 6.11. The van der Waals surface area contributed by atoms with Crippen LogP contribution in [0.1, 0.15) is 11.1 Å². The fourth-order valence-corrected chi connectivity index (χ4v) is 5.14. The van der Waals surface area contributed by atoms with Gasteiger partial charge in [-0.25, -0.2) is 0 Å². The lowest BCUT2D eigenvalue weighted by molar-refractivity contribution is 0.0511. The molecule has 0 amide bonds. The van der Waals surface area contributed by atoms with Crippen LogP contribution in [0.5, 0.6) is 23.0 Å². The maximum atomic E-state index is 13.7. The highest BCUT2D eigenvalue weighted by Crippen LogP contribution is 2.38. The molecule has 0 N–H and O–H groups in total. The summed E-state index contributed by atoms with van der Waals surface area (Å²) in [5, 5.41) is -0.126. The highest BCUT2D eigenvalue weighted by atomic mass is 32.2. The molecule has 0 radical (unpaired) electrons. The second kappa shape index (κ2) is 12.4. The van der Waals surface area contributed by atoms with E-state index in [1.165, 1.54) is 38.5 Å². The summed E-state index contributed by atoms with van der Waals surface area (Å²) in [4.78, 5) is 13.7. The van der Waals surface area contributed by atoms with Crippen LogP contribution in [-0.4, -0.2) is 29.4 Å². The monoisotopic (exact) mass is 588 g/mol. The second-order valence-corrected chi connectivity index (χ2v) is 10.8. The number of ether oxygens (including phenoxy) is 4. The van der Waals surface area contributed by atoms with Crippen LogP contribution in [-0.2, 0) is 21.5 Å². The van der Waals surface area contributed by atoms with Crippen molar-refractivity contribution in [2.24, 2.45) is 0 Å². The first-order chi connectivity index (χ1) is 20.3. The van der Waals surface area contributed by atoms with Crippen molar-refractivity contribution < 1.29 is 36.0 Å². The summed E-state index contributed by atoms with van der Waals surface area (Å²) in [6.45, 7) is 2.10. The third-order valence-electron chi connectivity index (χ3n) is 6.31. The van der Waals surface area contributed by atoms with E-state index in [2.05, 4.69) is 0 Å². The van der Waals surface area contributed by atoms with Gasteiger partial charge in [-0.05, 0) is 48.9 Å². The molecule has 0 aliphatic rings. The van der Waals surface area contributed by atoms with Gasteiger partial charge in [0.25, 0.3) is 0 Å². The lowest BCUT2D eigenvalue weighted by Gasteiger charge is -2.15. The Morgan fingerprint density at radius 2 is 1.52 bits per heavy atom. The van der Waals surface area contributed by atoms with E-state index >= 15 is 0 Å². The quantitative estimate of drug-likeness (QED) is 0.133. The van der Waals surface area contributed by atoms with E-state index in [4.69, 9.17) is 27.5 Å². The Hall–Kier alpha value is -4.80. The van der Waals surface area contributed by atoms with E-state index < -0.39 is 15.5 Å². The first-order valence-corrected chi connectivity index (χ1v) is 14.3. The average Bonchev–Trinajstić information content (AvgIpc) is 2.99. The van der Waals surface area contributed by atoms with E-state index in [9.17, 15) is 13.2 Å². The fraction of sp³-hybridized carbons (Fsp3) is 0.156. The summed E-state index contributed by atoms with van der Waals surface area (Å²) in [6.07, 6.45) is 0. The van der Waals surface area contributed by atoms with Crippen LogP contribution in [0.3, 0.4) is 0 Å². The zero-order valence-electron chi connectivity index (χ0n) is 23.2. The Kier molecular flexibility index (Phi) is 8.46. The molecule has 0 saturated heterocycles. The van der Waals surface area contributed by atoms with Gasteiger partial charge in [-0.15, -0.1) is 0 Å². The molecule has 0 saturated carbocycles. The molecule has 0 aliphatic carbocycles. The summed E-state index contributed by atoms with van der Waals surface area (Å²) >= 11 is 0. The normalized spacial score (nSPS) is 11.3. The van der Waals surface area contributed by atoms with Crippen molar-refractivity contribution in [1.29, 1.82) is 0 Å². The van der Waals surface area contributed by atoms with Gasteiger partial charge in [0.15, 0.2) is 18.3 Å². The maximum absolute atomic E-state index is 13.7. The van der Waals surface area contributed by atoms with Gasteiger partial charge >= 0.3 is 10.1 Å². The number of benzene rings is 4. The van der Waals surface area contributed by atoms with Gasteiger partial charge in [0.2, 0.25) is 11.2 Å². The number of methoxy groups -OCH3 is 2. The summed E-state index contributed by atoms with van der Waals surface area (Å²) in [7, 11) is -1.54. The number of fused-ring (bicyclic) bond motifs is 1. The number of aryl methyl sites for hydroxylation is 1. The number of rotatable bonds is 11. The van der Waals surface area contributed by atoms with E-state index in [-0.39, 0.29) is 45.7 Å². The molecular weight excluding hydrogens is 560 g/mol. The van der Waals surface area contributed by atoms with Gasteiger partial charge < -0.3 is 27.5 Å². The van der Waals surface area contributed by atoms with E-state index in [0.29, 0.717) is 17.9 Å². The third kappa shape index (κ3) is 6.24. The summed E-state index contributed by atoms with van der Waals surface area (Å²) in [5.74, 6) is 0.534. The highest BCUT2D eigenvalue weighted by Gasteiger charge is 2.25. The Bertz CT molecular complexity index is 1850. The van der Waals surface area contributed by atoms with E-state index in [1.807, 2.05) is 37.3 Å². The van der Waals surface area contributed by atoms with Crippen molar-refractivity contribution in [3.63, 3.8) is 0 Å². The molecule has 1 heterocycles. The third-order valence-corrected chi connectivity index (χ3v) is 7.56. The minimum Gasteiger partial charge on any atom is -0.490 e. The van der Waals surface area contributed by atoms with Crippen molar-refractivity contribution in [3.05, 3.63) is 112 Å². The van der Waals surface area contributed by atoms with E-state index in [1.54, 1.807) is 36.4 Å². The Morgan fingerprint density at radius 3 is 2.19 bits per heavy atom. The first kappa shape index (κ1) is 28.7. The molecule has 1 aromatic heterocycles. The molecule has 9 nitrogen and oxygen atoms in total. The molecule has 0 fully saturated rings. The lowest BCUT2D eigenvalue weighted by Crippen LogP contribution is -2.14. The zero-order valence-corrected chi connectivity index (χ0v) is 24.0. The maximum Gasteiger partial charge on any atom is 0.339 e. The number of hydrogen-bond donors (Lipinski definition) is 0. The Balaban J connectivity index is 1.56. The highest BCUT2D eigenvalue weighted by molar-refractivity contribution is 7.87. The van der Waals surface area contributed by atoms with Gasteiger partial charge in [0, 0.05) is 24.8 Å². The van der Waals surface area contributed by atoms with Crippen LogP contribution >= 0.6 is 0 Å². The van der Waals surface area contributed by atoms with Gasteiger partial charge in [-0.1, -0.05) is 48.0 Å². The summed E-state index contributed by atoms with van der Waals surface area (Å²) < 4.78 is 59.8. The fourth-order valence-electron chi connectivity index (χ4n) is 4.21. The second-order valence-electron chi connectivity index (χ2n) is 9.29. The van der Waals surface area contributed by atoms with Gasteiger partial charge in [-0.2, -0.15) is 8.42 Å². The summed E-state index contributed by atoms with van der Waals surface area (Å²) in [5.41, 5.74) is 1.85. The molecule has 0 bridgehead atoms. The van der Waals surface area contributed by atoms with Crippen molar-refractivity contribution in [3.8, 4) is 34.3 Å². The standard InChI is InChI=1S/C32H28O9S/c1-21-9-15-26(16-10-21)42(34,35)41-28-18-25(39-20-36-2)17-27-29(28)30(33)32(37-3)31(40-27)23-11-13-24(14-12-23)38-19-22-7-5-4-6-8-22/h4-18H,19-20H2,1-3H3. The Labute approximate surface area is 242 Å². The van der Waals surface area contributed by atoms with Crippen molar-refractivity contribution in [2.45, 2.75) is 18.4 Å². The molecule has 5 rings (SSSR count). The molecule has 4 aromatic carbocycles. The molecule has 42 heavy (non-hydrogen) atoms. The van der Waals surface area contributed by atoms with Crippen molar-refractivity contribution >= 4 is 21.1 Å². The van der Waals surface area contributed by atoms with E-state index in [0.717, 1.165) is 11.1 Å². The zero-order chi connectivity index (χ0) is 29.7. The molecule has 0 atom stereocenters. The molecule has 0 unspecified atom stereocenters. The van der Waals surface area contributed by atoms with Crippen LogP contribution in [0.4, 0.5) is 0 Å². The molecule has 216 valence electrons. The molecule has 5 aromatic rings. The van der Waals surface area contributed by atoms with Crippen LogP contribution in [0.25, 0.3) is 22.3 Å². The number of hydrogen-bond acceptors (Lipinski definition) is 9. The van der Waals surface area contributed by atoms with Gasteiger partial charge in [0.1, 0.15) is 34.0 Å². The SMILES string of the molecule is COCOc1cc(OS(=O)(=O)c2ccc(C)cc2)c2c(=O)c(OC)c(-c3ccc(OCc4ccccc4)cc3)oc2c1. The van der Waals surface area contributed by atoms with Crippen LogP contribution in [0.15, 0.2) is 105 Å². The van der Waals surface area contributed by atoms with Crippen molar-refractivity contribution in [2.75, 3.05) is 21.0 Å². The smallest absolute Gasteiger partial charge is 0.339 e. The molecular formula is C32H28O9S. The average molecular weight is 589 g/mol. The Morgan fingerprint density at radius 1 is 0.810 bits per heavy atom. The molecule has 10 heteroatoms. The van der Waals surface area contributed by atoms with Crippen molar-refractivity contribution in [1.82, 2.24) is 0 Å². The van der Waals surface area contributed by atoms with Gasteiger partial charge in [0.05, 0.1) is 7.11 Å². The minimum atomic E-state index is -4.31. The van der Waals surface area contributed by atoms with Crippen LogP contribution < -0.4 is 23.8 Å². The lowest BCUT2D eigenvalue weighted by atomic mass is 10.1. The predicted molar refractivity (Wildman–Crippen MR) is 157 cm³/mol. The minimum absolute atomic E-state index is 0.0305. The first-order valence-electron chi connectivity index (χ1n) is 12.9. The summed E-state index contributed by atoms with van der Waals surface area (Å²) in [6, 6.07) is 25.6.